The first-order chi connectivity index (χ1) is 12.1. The van der Waals surface area contributed by atoms with Gasteiger partial charge in [0.05, 0.1) is 18.9 Å². The van der Waals surface area contributed by atoms with Crippen LogP contribution >= 0.6 is 0 Å². The van der Waals surface area contributed by atoms with Gasteiger partial charge in [-0.2, -0.15) is 0 Å². The third-order valence-electron chi connectivity index (χ3n) is 4.76. The molecular formula is C19H28N4O2. The molecule has 0 spiro atoms. The fourth-order valence-electron chi connectivity index (χ4n) is 3.31. The van der Waals surface area contributed by atoms with E-state index < -0.39 is 0 Å². The average molecular weight is 344 g/mol. The van der Waals surface area contributed by atoms with Crippen LogP contribution in [0.15, 0.2) is 24.4 Å². The van der Waals surface area contributed by atoms with Crippen LogP contribution in [0.4, 0.5) is 0 Å². The predicted octanol–water partition coefficient (Wildman–Crippen LogP) is 2.03. The molecule has 2 heterocycles. The summed E-state index contributed by atoms with van der Waals surface area (Å²) in [7, 11) is 0. The monoisotopic (exact) mass is 344 g/mol. The van der Waals surface area contributed by atoms with Gasteiger partial charge in [-0.05, 0) is 18.9 Å². The highest BCUT2D eigenvalue weighted by Gasteiger charge is 2.27. The van der Waals surface area contributed by atoms with E-state index in [9.17, 15) is 4.79 Å². The smallest absolute Gasteiger partial charge is 0.221 e. The van der Waals surface area contributed by atoms with Crippen LogP contribution in [-0.4, -0.2) is 52.6 Å². The Labute approximate surface area is 149 Å². The molecule has 0 unspecified atom stereocenters. The molecule has 6 heteroatoms. The van der Waals surface area contributed by atoms with Crippen LogP contribution in [0.1, 0.15) is 50.5 Å². The van der Waals surface area contributed by atoms with E-state index in [0.29, 0.717) is 25.6 Å². The number of hydrogen-bond donors (Lipinski definition) is 1. The Morgan fingerprint density at radius 1 is 1.40 bits per heavy atom. The highest BCUT2D eigenvalue weighted by molar-refractivity contribution is 5.77. The number of ether oxygens (including phenoxy) is 1. The molecule has 1 saturated heterocycles. The highest BCUT2D eigenvalue weighted by Crippen LogP contribution is 2.16. The summed E-state index contributed by atoms with van der Waals surface area (Å²) in [6.45, 7) is 7.04. The number of rotatable bonds is 6. The van der Waals surface area contributed by atoms with Crippen LogP contribution < -0.4 is 5.32 Å². The number of carbonyl (C=O) groups excluding carboxylic acids is 1. The number of carbonyl (C=O) groups is 1. The average Bonchev–Trinajstić information content (AvgIpc) is 3.10. The number of morpholine rings is 1. The van der Waals surface area contributed by atoms with E-state index >= 15 is 0 Å². The number of aromatic nitrogens is 2. The minimum atomic E-state index is 0.0978. The molecule has 1 aromatic rings. The van der Waals surface area contributed by atoms with E-state index in [1.807, 2.05) is 12.3 Å². The van der Waals surface area contributed by atoms with Crippen molar-refractivity contribution in [2.45, 2.75) is 57.7 Å². The second-order valence-corrected chi connectivity index (χ2v) is 7.17. The number of hydrogen-bond acceptors (Lipinski definition) is 5. The summed E-state index contributed by atoms with van der Waals surface area (Å²) in [5.74, 6) is 1.29. The van der Waals surface area contributed by atoms with Gasteiger partial charge in [0.2, 0.25) is 5.91 Å². The lowest BCUT2D eigenvalue weighted by molar-refractivity contribution is -0.125. The van der Waals surface area contributed by atoms with Gasteiger partial charge in [0.15, 0.2) is 0 Å². The van der Waals surface area contributed by atoms with Crippen molar-refractivity contribution in [2.75, 3.05) is 19.8 Å². The Kier molecular flexibility index (Phi) is 6.15. The maximum atomic E-state index is 12.4. The Bertz CT molecular complexity index is 609. The fourth-order valence-corrected chi connectivity index (χ4v) is 3.31. The molecule has 0 radical (unpaired) electrons. The maximum Gasteiger partial charge on any atom is 0.221 e. The Morgan fingerprint density at radius 3 is 2.96 bits per heavy atom. The SMILES string of the molecule is CC(C)c1nccc(CN2CCOC[C@@H]2CC(=O)NC2CC=CC2)n1. The minimum Gasteiger partial charge on any atom is -0.378 e. The zero-order valence-corrected chi connectivity index (χ0v) is 15.1. The quantitative estimate of drug-likeness (QED) is 0.800. The first kappa shape index (κ1) is 18.0. The van der Waals surface area contributed by atoms with E-state index in [-0.39, 0.29) is 18.0 Å². The number of nitrogens with one attached hydrogen (secondary N) is 1. The Morgan fingerprint density at radius 2 is 2.20 bits per heavy atom. The molecule has 0 bridgehead atoms. The summed E-state index contributed by atoms with van der Waals surface area (Å²) in [5, 5.41) is 3.13. The topological polar surface area (TPSA) is 67.4 Å². The van der Waals surface area contributed by atoms with Crippen LogP contribution in [0.3, 0.4) is 0 Å². The van der Waals surface area contributed by atoms with Gasteiger partial charge in [0.1, 0.15) is 5.82 Å². The summed E-state index contributed by atoms with van der Waals surface area (Å²) in [6, 6.07) is 2.32. The summed E-state index contributed by atoms with van der Waals surface area (Å²) in [4.78, 5) is 23.7. The Hall–Kier alpha value is -1.79. The van der Waals surface area contributed by atoms with Crippen LogP contribution in [0, 0.1) is 0 Å². The van der Waals surface area contributed by atoms with Gasteiger partial charge >= 0.3 is 0 Å². The molecule has 1 atom stereocenters. The third kappa shape index (κ3) is 5.09. The van der Waals surface area contributed by atoms with Gasteiger partial charge in [0.25, 0.3) is 0 Å². The van der Waals surface area contributed by atoms with Crippen molar-refractivity contribution < 1.29 is 9.53 Å². The van der Waals surface area contributed by atoms with Crippen LogP contribution in [0.5, 0.6) is 0 Å². The normalized spacial score (nSPS) is 21.8. The summed E-state index contributed by atoms with van der Waals surface area (Å²) in [5.41, 5.74) is 1.01. The van der Waals surface area contributed by atoms with Gasteiger partial charge in [-0.1, -0.05) is 26.0 Å². The van der Waals surface area contributed by atoms with E-state index in [1.165, 1.54) is 0 Å². The van der Waals surface area contributed by atoms with Crippen molar-refractivity contribution in [2.24, 2.45) is 0 Å². The molecule has 0 aromatic carbocycles. The molecule has 1 N–H and O–H groups in total. The van der Waals surface area contributed by atoms with Gasteiger partial charge < -0.3 is 10.1 Å². The largest absolute Gasteiger partial charge is 0.378 e. The van der Waals surface area contributed by atoms with Gasteiger partial charge in [0, 0.05) is 43.7 Å². The second-order valence-electron chi connectivity index (χ2n) is 7.17. The van der Waals surface area contributed by atoms with Crippen LogP contribution in [0.25, 0.3) is 0 Å². The van der Waals surface area contributed by atoms with E-state index in [4.69, 9.17) is 4.74 Å². The second kappa shape index (κ2) is 8.54. The number of nitrogens with zero attached hydrogens (tertiary/aromatic N) is 3. The molecule has 1 aliphatic carbocycles. The van der Waals surface area contributed by atoms with Crippen molar-refractivity contribution >= 4 is 5.91 Å². The number of amides is 1. The van der Waals surface area contributed by atoms with Gasteiger partial charge in [-0.15, -0.1) is 0 Å². The maximum absolute atomic E-state index is 12.4. The molecule has 2 aliphatic rings. The van der Waals surface area contributed by atoms with Crippen molar-refractivity contribution in [1.29, 1.82) is 0 Å². The van der Waals surface area contributed by atoms with Gasteiger partial charge in [-0.25, -0.2) is 9.97 Å². The van der Waals surface area contributed by atoms with E-state index in [2.05, 4.69) is 46.2 Å². The zero-order valence-electron chi connectivity index (χ0n) is 15.1. The molecule has 25 heavy (non-hydrogen) atoms. The molecule has 1 amide bonds. The fraction of sp³-hybridized carbons (Fsp3) is 0.632. The molecule has 136 valence electrons. The molecule has 1 aromatic heterocycles. The van der Waals surface area contributed by atoms with Crippen molar-refractivity contribution in [3.8, 4) is 0 Å². The van der Waals surface area contributed by atoms with Crippen LogP contribution in [0.2, 0.25) is 0 Å². The highest BCUT2D eigenvalue weighted by atomic mass is 16.5. The third-order valence-corrected chi connectivity index (χ3v) is 4.76. The van der Waals surface area contributed by atoms with Gasteiger partial charge in [-0.3, -0.25) is 9.69 Å². The van der Waals surface area contributed by atoms with E-state index in [0.717, 1.165) is 37.4 Å². The molecule has 6 nitrogen and oxygen atoms in total. The molecule has 3 rings (SSSR count). The van der Waals surface area contributed by atoms with Crippen molar-refractivity contribution in [1.82, 2.24) is 20.2 Å². The van der Waals surface area contributed by atoms with Crippen molar-refractivity contribution in [3.05, 3.63) is 35.9 Å². The van der Waals surface area contributed by atoms with Crippen molar-refractivity contribution in [3.63, 3.8) is 0 Å². The summed E-state index contributed by atoms with van der Waals surface area (Å²) < 4.78 is 5.62. The molecule has 0 saturated carbocycles. The molecule has 1 fully saturated rings. The predicted molar refractivity (Wildman–Crippen MR) is 96.1 cm³/mol. The lowest BCUT2D eigenvalue weighted by atomic mass is 10.1. The summed E-state index contributed by atoms with van der Waals surface area (Å²) in [6.07, 6.45) is 8.43. The zero-order chi connectivity index (χ0) is 17.6. The lowest BCUT2D eigenvalue weighted by Gasteiger charge is -2.35. The molecular weight excluding hydrogens is 316 g/mol. The first-order valence-corrected chi connectivity index (χ1v) is 9.20. The Balaban J connectivity index is 1.58. The molecule has 1 aliphatic heterocycles. The van der Waals surface area contributed by atoms with Crippen LogP contribution in [-0.2, 0) is 16.1 Å². The minimum absolute atomic E-state index is 0.0978. The first-order valence-electron chi connectivity index (χ1n) is 9.20. The van der Waals surface area contributed by atoms with E-state index in [1.54, 1.807) is 0 Å². The lowest BCUT2D eigenvalue weighted by Crippen LogP contribution is -2.48. The standard InChI is InChI=1S/C19H28N4O2/c1-14(2)19-20-8-7-16(22-19)12-23-9-10-25-13-17(23)11-18(24)21-15-5-3-4-6-15/h3-4,7-8,14-15,17H,5-6,9-13H2,1-2H3,(H,21,24)/t17-/m0/s1. The summed E-state index contributed by atoms with van der Waals surface area (Å²) >= 11 is 0.